The molecular formula is C21H22FN5O2. The largest absolute Gasteiger partial charge is 0.388 e. The van der Waals surface area contributed by atoms with Crippen LogP contribution in [0.5, 0.6) is 0 Å². The average molecular weight is 395 g/mol. The van der Waals surface area contributed by atoms with E-state index in [-0.39, 0.29) is 18.4 Å². The van der Waals surface area contributed by atoms with Gasteiger partial charge >= 0.3 is 0 Å². The fourth-order valence-electron chi connectivity index (χ4n) is 3.81. The van der Waals surface area contributed by atoms with E-state index in [1.54, 1.807) is 29.4 Å². The Balaban J connectivity index is 1.48. The van der Waals surface area contributed by atoms with Gasteiger partial charge in [0, 0.05) is 49.6 Å². The highest BCUT2D eigenvalue weighted by atomic mass is 19.1. The van der Waals surface area contributed by atoms with Gasteiger partial charge in [0.2, 0.25) is 0 Å². The lowest BCUT2D eigenvalue weighted by Gasteiger charge is -2.31. The van der Waals surface area contributed by atoms with Crippen LogP contribution in [-0.2, 0) is 13.7 Å². The van der Waals surface area contributed by atoms with Gasteiger partial charge in [-0.25, -0.2) is 4.39 Å². The van der Waals surface area contributed by atoms with Crippen molar-refractivity contribution < 1.29 is 14.3 Å². The molecule has 1 aliphatic heterocycles. The summed E-state index contributed by atoms with van der Waals surface area (Å²) < 4.78 is 16.0. The van der Waals surface area contributed by atoms with Gasteiger partial charge < -0.3 is 14.6 Å². The molecule has 7 nitrogen and oxygen atoms in total. The first-order valence-corrected chi connectivity index (χ1v) is 9.56. The quantitative estimate of drug-likeness (QED) is 0.734. The SMILES string of the molecule is Cn1c(CO)nnc1C1CCN(C(=O)c2cc(F)cc(-c3cccnc3)c2)CC1. The zero-order chi connectivity index (χ0) is 20.4. The molecule has 1 saturated heterocycles. The predicted octanol–water partition coefficient (Wildman–Crippen LogP) is 2.53. The lowest BCUT2D eigenvalue weighted by Crippen LogP contribution is -2.38. The van der Waals surface area contributed by atoms with Crippen LogP contribution in [0.25, 0.3) is 11.1 Å². The lowest BCUT2D eigenvalue weighted by molar-refractivity contribution is 0.0710. The summed E-state index contributed by atoms with van der Waals surface area (Å²) in [5.74, 6) is 0.907. The fraction of sp³-hybridized carbons (Fsp3) is 0.333. The summed E-state index contributed by atoms with van der Waals surface area (Å²) in [7, 11) is 1.84. The zero-order valence-electron chi connectivity index (χ0n) is 16.1. The van der Waals surface area contributed by atoms with Crippen molar-refractivity contribution >= 4 is 5.91 Å². The van der Waals surface area contributed by atoms with Crippen LogP contribution in [0.4, 0.5) is 4.39 Å². The third kappa shape index (κ3) is 3.88. The number of aliphatic hydroxyl groups excluding tert-OH is 1. The number of likely N-dealkylation sites (tertiary alicyclic amines) is 1. The van der Waals surface area contributed by atoms with Crippen LogP contribution >= 0.6 is 0 Å². The molecule has 1 amide bonds. The number of amides is 1. The van der Waals surface area contributed by atoms with E-state index in [2.05, 4.69) is 15.2 Å². The van der Waals surface area contributed by atoms with Crippen LogP contribution in [0, 0.1) is 5.82 Å². The Morgan fingerprint density at radius 1 is 1.21 bits per heavy atom. The summed E-state index contributed by atoms with van der Waals surface area (Å²) in [6, 6.07) is 8.02. The molecule has 150 valence electrons. The molecular weight excluding hydrogens is 373 g/mol. The number of nitrogens with zero attached hydrogens (tertiary/aromatic N) is 5. The van der Waals surface area contributed by atoms with Gasteiger partial charge in [0.15, 0.2) is 5.82 Å². The fourth-order valence-corrected chi connectivity index (χ4v) is 3.81. The monoisotopic (exact) mass is 395 g/mol. The number of aliphatic hydroxyl groups is 1. The van der Waals surface area contributed by atoms with Crippen LogP contribution in [0.3, 0.4) is 0 Å². The smallest absolute Gasteiger partial charge is 0.253 e. The summed E-state index contributed by atoms with van der Waals surface area (Å²) in [5.41, 5.74) is 1.73. The van der Waals surface area contributed by atoms with Gasteiger partial charge in [-0.3, -0.25) is 9.78 Å². The molecule has 0 spiro atoms. The minimum atomic E-state index is -0.444. The van der Waals surface area contributed by atoms with Crippen LogP contribution in [0.1, 0.15) is 40.8 Å². The Kier molecular flexibility index (Phi) is 5.35. The molecule has 0 saturated carbocycles. The van der Waals surface area contributed by atoms with E-state index in [1.165, 1.54) is 12.1 Å². The van der Waals surface area contributed by atoms with E-state index in [0.717, 1.165) is 24.2 Å². The summed E-state index contributed by atoms with van der Waals surface area (Å²) in [4.78, 5) is 18.8. The Hall–Kier alpha value is -3.13. The second-order valence-corrected chi connectivity index (χ2v) is 7.23. The maximum Gasteiger partial charge on any atom is 0.253 e. The number of carbonyl (C=O) groups is 1. The van der Waals surface area contributed by atoms with E-state index in [9.17, 15) is 14.3 Å². The van der Waals surface area contributed by atoms with Crippen molar-refractivity contribution in [3.05, 3.63) is 65.8 Å². The molecule has 8 heteroatoms. The maximum absolute atomic E-state index is 14.2. The van der Waals surface area contributed by atoms with Crippen molar-refractivity contribution in [3.63, 3.8) is 0 Å². The molecule has 0 bridgehead atoms. The standard InChI is InChI=1S/C21H22FN5O2/c1-26-19(13-28)24-25-20(26)14-4-7-27(8-5-14)21(29)17-9-16(10-18(22)11-17)15-3-2-6-23-12-15/h2-3,6,9-12,14,28H,4-5,7-8,13H2,1H3. The molecule has 1 aliphatic rings. The van der Waals surface area contributed by atoms with E-state index < -0.39 is 5.82 Å². The Morgan fingerprint density at radius 2 is 2.00 bits per heavy atom. The van der Waals surface area contributed by atoms with Gasteiger partial charge in [0.05, 0.1) is 0 Å². The summed E-state index contributed by atoms with van der Waals surface area (Å²) in [6.07, 6.45) is 4.79. The second-order valence-electron chi connectivity index (χ2n) is 7.23. The number of halogens is 1. The number of aromatic nitrogens is 4. The number of benzene rings is 1. The van der Waals surface area contributed by atoms with Crippen LogP contribution < -0.4 is 0 Å². The highest BCUT2D eigenvalue weighted by Crippen LogP contribution is 2.28. The minimum Gasteiger partial charge on any atom is -0.388 e. The van der Waals surface area contributed by atoms with E-state index in [1.807, 2.05) is 17.7 Å². The highest BCUT2D eigenvalue weighted by Gasteiger charge is 2.28. The lowest BCUT2D eigenvalue weighted by atomic mass is 9.95. The van der Waals surface area contributed by atoms with Gasteiger partial charge in [0.1, 0.15) is 18.2 Å². The van der Waals surface area contributed by atoms with Crippen molar-refractivity contribution in [1.29, 1.82) is 0 Å². The summed E-state index contributed by atoms with van der Waals surface area (Å²) >= 11 is 0. The molecule has 3 heterocycles. The first kappa shape index (κ1) is 19.2. The molecule has 29 heavy (non-hydrogen) atoms. The normalized spacial score (nSPS) is 14.9. The molecule has 1 fully saturated rings. The molecule has 3 aromatic rings. The highest BCUT2D eigenvalue weighted by molar-refractivity contribution is 5.95. The molecule has 0 radical (unpaired) electrons. The molecule has 0 aliphatic carbocycles. The van der Waals surface area contributed by atoms with Gasteiger partial charge in [-0.15, -0.1) is 10.2 Å². The summed E-state index contributed by atoms with van der Waals surface area (Å²) in [6.45, 7) is 0.965. The Bertz CT molecular complexity index is 1010. The molecule has 0 unspecified atom stereocenters. The first-order chi connectivity index (χ1) is 14.1. The minimum absolute atomic E-state index is 0.153. The van der Waals surface area contributed by atoms with Crippen LogP contribution in [0.15, 0.2) is 42.7 Å². The van der Waals surface area contributed by atoms with E-state index >= 15 is 0 Å². The van der Waals surface area contributed by atoms with Gasteiger partial charge in [-0.1, -0.05) is 6.07 Å². The maximum atomic E-state index is 14.2. The molecule has 0 atom stereocenters. The number of hydrogen-bond donors (Lipinski definition) is 1. The van der Waals surface area contributed by atoms with Crippen LogP contribution in [0.2, 0.25) is 0 Å². The molecule has 4 rings (SSSR count). The number of piperidine rings is 1. The Morgan fingerprint density at radius 3 is 2.66 bits per heavy atom. The first-order valence-electron chi connectivity index (χ1n) is 9.56. The molecule has 1 N–H and O–H groups in total. The third-order valence-electron chi connectivity index (χ3n) is 5.43. The zero-order valence-corrected chi connectivity index (χ0v) is 16.1. The average Bonchev–Trinajstić information content (AvgIpc) is 3.14. The third-order valence-corrected chi connectivity index (χ3v) is 5.43. The summed E-state index contributed by atoms with van der Waals surface area (Å²) in [5, 5.41) is 17.5. The van der Waals surface area contributed by atoms with Gasteiger partial charge in [-0.05, 0) is 42.7 Å². The number of hydrogen-bond acceptors (Lipinski definition) is 5. The number of rotatable bonds is 4. The second kappa shape index (κ2) is 8.08. The van der Waals surface area contributed by atoms with Crippen molar-refractivity contribution in [1.82, 2.24) is 24.6 Å². The predicted molar refractivity (Wildman–Crippen MR) is 104 cm³/mol. The van der Waals surface area contributed by atoms with Crippen molar-refractivity contribution in [2.24, 2.45) is 7.05 Å². The number of pyridine rings is 1. The van der Waals surface area contributed by atoms with Crippen LogP contribution in [-0.4, -0.2) is 48.8 Å². The van der Waals surface area contributed by atoms with Crippen molar-refractivity contribution in [2.45, 2.75) is 25.4 Å². The van der Waals surface area contributed by atoms with E-state index in [4.69, 9.17) is 0 Å². The Labute approximate surface area is 167 Å². The molecule has 2 aromatic heterocycles. The van der Waals surface area contributed by atoms with Crippen molar-refractivity contribution in [2.75, 3.05) is 13.1 Å². The number of carbonyl (C=O) groups excluding carboxylic acids is 1. The van der Waals surface area contributed by atoms with Gasteiger partial charge in [-0.2, -0.15) is 0 Å². The molecule has 1 aromatic carbocycles. The van der Waals surface area contributed by atoms with Gasteiger partial charge in [0.25, 0.3) is 5.91 Å². The van der Waals surface area contributed by atoms with E-state index in [0.29, 0.717) is 30.0 Å². The topological polar surface area (TPSA) is 84.1 Å². The van der Waals surface area contributed by atoms with Crippen molar-refractivity contribution in [3.8, 4) is 11.1 Å².